The van der Waals surface area contributed by atoms with Crippen LogP contribution in [0.1, 0.15) is 46.1 Å². The average Bonchev–Trinajstić information content (AvgIpc) is 2.42. The van der Waals surface area contributed by atoms with Crippen molar-refractivity contribution >= 4 is 21.6 Å². The molecule has 1 N–H and O–H groups in total. The molecule has 2 rings (SSSR count). The number of halogens is 1. The highest BCUT2D eigenvalue weighted by Crippen LogP contribution is 2.32. The normalized spacial score (nSPS) is 22.9. The van der Waals surface area contributed by atoms with Gasteiger partial charge in [0, 0.05) is 29.3 Å². The zero-order chi connectivity index (χ0) is 15.4. The largest absolute Gasteiger partial charge is 0.368 e. The van der Waals surface area contributed by atoms with Crippen LogP contribution in [0.2, 0.25) is 0 Å². The molecule has 1 aromatic rings. The van der Waals surface area contributed by atoms with E-state index in [1.54, 1.807) is 0 Å². The lowest BCUT2D eigenvalue weighted by Crippen LogP contribution is -2.43. The number of hydrogen-bond acceptors (Lipinski definition) is 2. The van der Waals surface area contributed by atoms with Gasteiger partial charge < -0.3 is 10.2 Å². The van der Waals surface area contributed by atoms with E-state index in [2.05, 4.69) is 72.0 Å². The van der Waals surface area contributed by atoms with E-state index in [0.29, 0.717) is 12.0 Å². The Balaban J connectivity index is 2.17. The third kappa shape index (κ3) is 4.46. The number of anilines is 1. The van der Waals surface area contributed by atoms with E-state index >= 15 is 0 Å². The standard InChI is InChI=1S/C18H29BrN2/c1-13(2)11-20-12-16-10-17(19)7-8-18(16)21-9-5-6-14(3)15(21)4/h7-8,10,13-15,20H,5-6,9,11-12H2,1-4H3. The van der Waals surface area contributed by atoms with Gasteiger partial charge in [-0.1, -0.05) is 36.7 Å². The first kappa shape index (κ1) is 16.8. The van der Waals surface area contributed by atoms with Crippen molar-refractivity contribution in [2.45, 2.75) is 53.1 Å². The molecule has 0 aliphatic carbocycles. The van der Waals surface area contributed by atoms with Gasteiger partial charge in [0.25, 0.3) is 0 Å². The number of nitrogens with zero attached hydrogens (tertiary/aromatic N) is 1. The second-order valence-electron chi connectivity index (χ2n) is 6.85. The van der Waals surface area contributed by atoms with Crippen molar-refractivity contribution in [3.05, 3.63) is 28.2 Å². The van der Waals surface area contributed by atoms with Gasteiger partial charge in [0.1, 0.15) is 0 Å². The van der Waals surface area contributed by atoms with Crippen molar-refractivity contribution < 1.29 is 0 Å². The Morgan fingerprint density at radius 2 is 2.10 bits per heavy atom. The predicted molar refractivity (Wildman–Crippen MR) is 95.9 cm³/mol. The van der Waals surface area contributed by atoms with Gasteiger partial charge in [0.2, 0.25) is 0 Å². The molecule has 118 valence electrons. The molecule has 1 aromatic carbocycles. The molecule has 1 saturated heterocycles. The predicted octanol–water partition coefficient (Wildman–Crippen LogP) is 4.82. The molecule has 3 heteroatoms. The van der Waals surface area contributed by atoms with Gasteiger partial charge in [-0.3, -0.25) is 0 Å². The van der Waals surface area contributed by atoms with Crippen molar-refractivity contribution in [1.29, 1.82) is 0 Å². The zero-order valence-corrected chi connectivity index (χ0v) is 15.4. The topological polar surface area (TPSA) is 15.3 Å². The number of nitrogens with one attached hydrogen (secondary N) is 1. The summed E-state index contributed by atoms with van der Waals surface area (Å²) in [5, 5.41) is 3.59. The number of benzene rings is 1. The Morgan fingerprint density at radius 1 is 1.33 bits per heavy atom. The van der Waals surface area contributed by atoms with Crippen LogP contribution >= 0.6 is 15.9 Å². The second kappa shape index (κ2) is 7.64. The van der Waals surface area contributed by atoms with Gasteiger partial charge in [-0.25, -0.2) is 0 Å². The van der Waals surface area contributed by atoms with Crippen LogP contribution in [-0.4, -0.2) is 19.1 Å². The molecule has 1 aliphatic rings. The van der Waals surface area contributed by atoms with Crippen LogP contribution in [-0.2, 0) is 6.54 Å². The van der Waals surface area contributed by atoms with E-state index in [1.807, 2.05) is 0 Å². The number of piperidine rings is 1. The van der Waals surface area contributed by atoms with E-state index in [0.717, 1.165) is 19.0 Å². The highest BCUT2D eigenvalue weighted by molar-refractivity contribution is 9.10. The lowest BCUT2D eigenvalue weighted by Gasteiger charge is -2.40. The summed E-state index contributed by atoms with van der Waals surface area (Å²) < 4.78 is 1.17. The molecule has 0 radical (unpaired) electrons. The third-order valence-electron chi connectivity index (χ3n) is 4.59. The Kier molecular flexibility index (Phi) is 6.12. The molecule has 0 spiro atoms. The van der Waals surface area contributed by atoms with Crippen molar-refractivity contribution in [2.24, 2.45) is 11.8 Å². The van der Waals surface area contributed by atoms with Gasteiger partial charge in [0.05, 0.1) is 0 Å². The monoisotopic (exact) mass is 352 g/mol. The van der Waals surface area contributed by atoms with Gasteiger partial charge in [-0.2, -0.15) is 0 Å². The van der Waals surface area contributed by atoms with Gasteiger partial charge in [-0.05, 0) is 61.9 Å². The average molecular weight is 353 g/mol. The molecule has 2 atom stereocenters. The number of hydrogen-bond donors (Lipinski definition) is 1. The first-order chi connectivity index (χ1) is 9.99. The molecule has 2 unspecified atom stereocenters. The lowest BCUT2D eigenvalue weighted by atomic mass is 9.91. The quantitative estimate of drug-likeness (QED) is 0.816. The molecular weight excluding hydrogens is 324 g/mol. The first-order valence-corrected chi connectivity index (χ1v) is 9.04. The Hall–Kier alpha value is -0.540. The summed E-state index contributed by atoms with van der Waals surface area (Å²) in [6.45, 7) is 12.5. The summed E-state index contributed by atoms with van der Waals surface area (Å²) >= 11 is 3.62. The molecule has 1 fully saturated rings. The van der Waals surface area contributed by atoms with Crippen LogP contribution in [0, 0.1) is 11.8 Å². The third-order valence-corrected chi connectivity index (χ3v) is 5.09. The minimum absolute atomic E-state index is 0.628. The van der Waals surface area contributed by atoms with Crippen molar-refractivity contribution in [2.75, 3.05) is 18.0 Å². The van der Waals surface area contributed by atoms with Crippen molar-refractivity contribution in [3.63, 3.8) is 0 Å². The van der Waals surface area contributed by atoms with Gasteiger partial charge >= 0.3 is 0 Å². The highest BCUT2D eigenvalue weighted by atomic mass is 79.9. The fraction of sp³-hybridized carbons (Fsp3) is 0.667. The van der Waals surface area contributed by atoms with E-state index in [-0.39, 0.29) is 0 Å². The van der Waals surface area contributed by atoms with Gasteiger partial charge in [-0.15, -0.1) is 0 Å². The SMILES string of the molecule is CC(C)CNCc1cc(Br)ccc1N1CCCC(C)C1C. The van der Waals surface area contributed by atoms with Crippen LogP contribution in [0.15, 0.2) is 22.7 Å². The summed E-state index contributed by atoms with van der Waals surface area (Å²) in [6.07, 6.45) is 2.66. The summed E-state index contributed by atoms with van der Waals surface area (Å²) in [4.78, 5) is 2.60. The van der Waals surface area contributed by atoms with E-state index in [4.69, 9.17) is 0 Å². The van der Waals surface area contributed by atoms with Crippen LogP contribution in [0.5, 0.6) is 0 Å². The maximum Gasteiger partial charge on any atom is 0.0415 e. The minimum atomic E-state index is 0.628. The van der Waals surface area contributed by atoms with Crippen LogP contribution in [0.3, 0.4) is 0 Å². The Labute approximate surface area is 138 Å². The van der Waals surface area contributed by atoms with Crippen molar-refractivity contribution in [1.82, 2.24) is 5.32 Å². The van der Waals surface area contributed by atoms with E-state index in [1.165, 1.54) is 35.1 Å². The van der Waals surface area contributed by atoms with Crippen LogP contribution in [0.4, 0.5) is 5.69 Å². The fourth-order valence-corrected chi connectivity index (χ4v) is 3.56. The summed E-state index contributed by atoms with van der Waals surface area (Å²) in [5.41, 5.74) is 2.82. The lowest BCUT2D eigenvalue weighted by molar-refractivity contribution is 0.363. The Bertz CT molecular complexity index is 459. The summed E-state index contributed by atoms with van der Waals surface area (Å²) in [7, 11) is 0. The second-order valence-corrected chi connectivity index (χ2v) is 7.77. The molecule has 21 heavy (non-hydrogen) atoms. The van der Waals surface area contributed by atoms with Gasteiger partial charge in [0.15, 0.2) is 0 Å². The maximum absolute atomic E-state index is 3.62. The zero-order valence-electron chi connectivity index (χ0n) is 13.8. The Morgan fingerprint density at radius 3 is 2.81 bits per heavy atom. The fourth-order valence-electron chi connectivity index (χ4n) is 3.15. The molecule has 0 bridgehead atoms. The number of rotatable bonds is 5. The molecule has 0 saturated carbocycles. The maximum atomic E-state index is 3.62. The molecule has 1 heterocycles. The van der Waals surface area contributed by atoms with E-state index < -0.39 is 0 Å². The van der Waals surface area contributed by atoms with Crippen LogP contribution < -0.4 is 10.2 Å². The molecule has 0 amide bonds. The molecule has 0 aromatic heterocycles. The summed E-state index contributed by atoms with van der Waals surface area (Å²) in [6, 6.07) is 7.36. The van der Waals surface area contributed by atoms with Crippen LogP contribution in [0.25, 0.3) is 0 Å². The molecule has 2 nitrogen and oxygen atoms in total. The first-order valence-electron chi connectivity index (χ1n) is 8.24. The minimum Gasteiger partial charge on any atom is -0.368 e. The van der Waals surface area contributed by atoms with E-state index in [9.17, 15) is 0 Å². The summed E-state index contributed by atoms with van der Waals surface area (Å²) in [5.74, 6) is 1.47. The van der Waals surface area contributed by atoms with Crippen molar-refractivity contribution in [3.8, 4) is 0 Å². The molecular formula is C18H29BrN2. The highest BCUT2D eigenvalue weighted by Gasteiger charge is 2.26. The smallest absolute Gasteiger partial charge is 0.0415 e. The molecule has 1 aliphatic heterocycles.